The van der Waals surface area contributed by atoms with Crippen LogP contribution in [0.2, 0.25) is 0 Å². The molecule has 3 rings (SSSR count). The first-order valence-electron chi connectivity index (χ1n) is 7.21. The van der Waals surface area contributed by atoms with Crippen LogP contribution >= 0.6 is 0 Å². The highest BCUT2D eigenvalue weighted by molar-refractivity contribution is 5.37. The van der Waals surface area contributed by atoms with Crippen LogP contribution in [-0.4, -0.2) is 30.6 Å². The molecule has 2 heterocycles. The zero-order valence-electron chi connectivity index (χ0n) is 11.5. The largest absolute Gasteiger partial charge is 0.312 e. The number of benzene rings is 1. The topological polar surface area (TPSA) is 39.1 Å². The Morgan fingerprint density at radius 2 is 2.32 bits per heavy atom. The van der Waals surface area contributed by atoms with Gasteiger partial charge in [0.1, 0.15) is 0 Å². The first-order valence-corrected chi connectivity index (χ1v) is 7.21. The van der Waals surface area contributed by atoms with Crippen molar-refractivity contribution < 1.29 is 0 Å². The number of nitrogens with zero attached hydrogens (tertiary/aromatic N) is 2. The molecule has 0 radical (unpaired) electrons. The summed E-state index contributed by atoms with van der Waals surface area (Å²) in [5, 5.41) is 12.6. The van der Waals surface area contributed by atoms with Crippen LogP contribution in [0.5, 0.6) is 0 Å². The van der Waals surface area contributed by atoms with E-state index in [4.69, 9.17) is 5.26 Å². The van der Waals surface area contributed by atoms with Gasteiger partial charge in [-0.15, -0.1) is 0 Å². The van der Waals surface area contributed by atoms with Gasteiger partial charge in [-0.25, -0.2) is 0 Å². The zero-order chi connectivity index (χ0) is 13.2. The smallest absolute Gasteiger partial charge is 0.0991 e. The summed E-state index contributed by atoms with van der Waals surface area (Å²) < 4.78 is 0. The van der Waals surface area contributed by atoms with E-state index in [-0.39, 0.29) is 0 Å². The molecule has 1 aromatic carbocycles. The lowest BCUT2D eigenvalue weighted by Crippen LogP contribution is -2.40. The molecule has 2 saturated heterocycles. The average Bonchev–Trinajstić information content (AvgIpc) is 2.83. The molecular weight excluding hydrogens is 234 g/mol. The van der Waals surface area contributed by atoms with Gasteiger partial charge in [-0.05, 0) is 55.5 Å². The van der Waals surface area contributed by atoms with Crippen molar-refractivity contribution in [3.05, 3.63) is 34.9 Å². The number of fused-ring (bicyclic) bond motifs is 1. The second-order valence-electron chi connectivity index (χ2n) is 5.91. The van der Waals surface area contributed by atoms with E-state index in [1.165, 1.54) is 43.6 Å². The maximum absolute atomic E-state index is 8.91. The third kappa shape index (κ3) is 2.65. The molecule has 0 saturated carbocycles. The van der Waals surface area contributed by atoms with E-state index in [1.54, 1.807) is 0 Å². The molecule has 2 atom stereocenters. The van der Waals surface area contributed by atoms with Gasteiger partial charge in [-0.1, -0.05) is 6.07 Å². The first kappa shape index (κ1) is 12.7. The van der Waals surface area contributed by atoms with Crippen LogP contribution in [-0.2, 0) is 6.54 Å². The van der Waals surface area contributed by atoms with Crippen molar-refractivity contribution in [3.63, 3.8) is 0 Å². The highest BCUT2D eigenvalue weighted by Crippen LogP contribution is 2.26. The third-order valence-electron chi connectivity index (χ3n) is 4.54. The van der Waals surface area contributed by atoms with Gasteiger partial charge in [0.15, 0.2) is 0 Å². The quantitative estimate of drug-likeness (QED) is 0.879. The van der Waals surface area contributed by atoms with Gasteiger partial charge < -0.3 is 5.32 Å². The van der Waals surface area contributed by atoms with E-state index in [1.807, 2.05) is 12.1 Å². The monoisotopic (exact) mass is 255 g/mol. The number of hydrogen-bond acceptors (Lipinski definition) is 3. The minimum atomic E-state index is 0.701. The second kappa shape index (κ2) is 5.32. The van der Waals surface area contributed by atoms with Crippen molar-refractivity contribution in [2.75, 3.05) is 19.6 Å². The van der Waals surface area contributed by atoms with Gasteiger partial charge in [0.25, 0.3) is 0 Å². The lowest BCUT2D eigenvalue weighted by molar-refractivity contribution is 0.312. The summed E-state index contributed by atoms with van der Waals surface area (Å²) in [7, 11) is 0. The van der Waals surface area contributed by atoms with Crippen LogP contribution in [0.3, 0.4) is 0 Å². The summed E-state index contributed by atoms with van der Waals surface area (Å²) in [4.78, 5) is 2.56. The molecule has 1 aromatic rings. The molecule has 1 N–H and O–H groups in total. The van der Waals surface area contributed by atoms with Crippen LogP contribution in [0, 0.1) is 24.2 Å². The van der Waals surface area contributed by atoms with Crippen LogP contribution in [0.25, 0.3) is 0 Å². The predicted octanol–water partition coefficient (Wildman–Crippen LogP) is 2.05. The molecule has 100 valence electrons. The Bertz CT molecular complexity index is 489. The van der Waals surface area contributed by atoms with Crippen LogP contribution in [0.15, 0.2) is 18.2 Å². The molecule has 2 unspecified atom stereocenters. The molecule has 3 heteroatoms. The predicted molar refractivity (Wildman–Crippen MR) is 75.7 cm³/mol. The number of nitrogens with one attached hydrogen (secondary N) is 1. The van der Waals surface area contributed by atoms with E-state index in [0.29, 0.717) is 6.04 Å². The average molecular weight is 255 g/mol. The summed E-state index contributed by atoms with van der Waals surface area (Å²) in [6, 6.07) is 8.95. The van der Waals surface area contributed by atoms with Gasteiger partial charge in [0, 0.05) is 25.7 Å². The molecule has 0 amide bonds. The standard InChI is InChI=1S/C16H21N3/c1-12-7-13(8-17)4-5-14(12)9-19-10-15-3-2-6-18-16(15)11-19/h4-5,7,15-16,18H,2-3,6,9-11H2,1H3. The summed E-state index contributed by atoms with van der Waals surface area (Å²) in [6.45, 7) is 6.70. The number of rotatable bonds is 2. The SMILES string of the molecule is Cc1cc(C#N)ccc1CN1CC2CCCNC2C1. The minimum absolute atomic E-state index is 0.701. The van der Waals surface area contributed by atoms with Crippen molar-refractivity contribution in [1.82, 2.24) is 10.2 Å². The van der Waals surface area contributed by atoms with E-state index >= 15 is 0 Å². The second-order valence-corrected chi connectivity index (χ2v) is 5.91. The molecule has 0 bridgehead atoms. The van der Waals surface area contributed by atoms with E-state index in [9.17, 15) is 0 Å². The normalized spacial score (nSPS) is 26.9. The van der Waals surface area contributed by atoms with Gasteiger partial charge >= 0.3 is 0 Å². The van der Waals surface area contributed by atoms with Crippen LogP contribution in [0.4, 0.5) is 0 Å². The van der Waals surface area contributed by atoms with Gasteiger partial charge in [-0.2, -0.15) is 5.26 Å². The number of piperidine rings is 1. The Hall–Kier alpha value is -1.37. The zero-order valence-corrected chi connectivity index (χ0v) is 11.5. The van der Waals surface area contributed by atoms with Crippen molar-refractivity contribution in [2.45, 2.75) is 32.4 Å². The molecule has 2 aliphatic rings. The fraction of sp³-hybridized carbons (Fsp3) is 0.562. The lowest BCUT2D eigenvalue weighted by atomic mass is 9.94. The number of nitriles is 1. The summed E-state index contributed by atoms with van der Waals surface area (Å²) in [6.07, 6.45) is 2.70. The minimum Gasteiger partial charge on any atom is -0.312 e. The maximum Gasteiger partial charge on any atom is 0.0991 e. The maximum atomic E-state index is 8.91. The fourth-order valence-electron chi connectivity index (χ4n) is 3.45. The summed E-state index contributed by atoms with van der Waals surface area (Å²) >= 11 is 0. The molecule has 3 nitrogen and oxygen atoms in total. The number of aryl methyl sites for hydroxylation is 1. The van der Waals surface area contributed by atoms with Crippen LogP contribution in [0.1, 0.15) is 29.5 Å². The summed E-state index contributed by atoms with van der Waals surface area (Å²) in [5.41, 5.74) is 3.36. The van der Waals surface area contributed by atoms with Crippen molar-refractivity contribution in [2.24, 2.45) is 5.92 Å². The molecular formula is C16H21N3. The van der Waals surface area contributed by atoms with Gasteiger partial charge in [-0.3, -0.25) is 4.90 Å². The van der Waals surface area contributed by atoms with Crippen LogP contribution < -0.4 is 5.32 Å². The molecule has 2 aliphatic heterocycles. The summed E-state index contributed by atoms with van der Waals surface area (Å²) in [5.74, 6) is 0.840. The van der Waals surface area contributed by atoms with Crippen molar-refractivity contribution >= 4 is 0 Å². The Morgan fingerprint density at radius 3 is 3.05 bits per heavy atom. The first-order chi connectivity index (χ1) is 9.26. The highest BCUT2D eigenvalue weighted by atomic mass is 15.2. The molecule has 0 aliphatic carbocycles. The Morgan fingerprint density at radius 1 is 1.42 bits per heavy atom. The molecule has 0 aromatic heterocycles. The number of hydrogen-bond donors (Lipinski definition) is 1. The fourth-order valence-corrected chi connectivity index (χ4v) is 3.45. The highest BCUT2D eigenvalue weighted by Gasteiger charge is 2.33. The third-order valence-corrected chi connectivity index (χ3v) is 4.54. The van der Waals surface area contributed by atoms with Gasteiger partial charge in [0.05, 0.1) is 11.6 Å². The lowest BCUT2D eigenvalue weighted by Gasteiger charge is -2.24. The number of likely N-dealkylation sites (tertiary alicyclic amines) is 1. The Kier molecular flexibility index (Phi) is 3.54. The Labute approximate surface area is 115 Å². The van der Waals surface area contributed by atoms with E-state index in [2.05, 4.69) is 29.3 Å². The Balaban J connectivity index is 1.67. The molecule has 0 spiro atoms. The van der Waals surface area contributed by atoms with Crippen molar-refractivity contribution in [1.29, 1.82) is 5.26 Å². The van der Waals surface area contributed by atoms with E-state index < -0.39 is 0 Å². The van der Waals surface area contributed by atoms with E-state index in [0.717, 1.165) is 18.0 Å². The molecule has 2 fully saturated rings. The van der Waals surface area contributed by atoms with Gasteiger partial charge in [0.2, 0.25) is 0 Å². The van der Waals surface area contributed by atoms with Crippen molar-refractivity contribution in [3.8, 4) is 6.07 Å². The molecule has 19 heavy (non-hydrogen) atoms.